The third-order valence-corrected chi connectivity index (χ3v) is 2.30. The summed E-state index contributed by atoms with van der Waals surface area (Å²) in [5.41, 5.74) is -1.96. The molecule has 7 heteroatoms. The maximum absolute atomic E-state index is 12.6. The normalized spacial score (nSPS) is 11.1. The van der Waals surface area contributed by atoms with Gasteiger partial charge in [-0.05, 0) is 18.2 Å². The molecular weight excluding hydrogens is 259 g/mol. The predicted molar refractivity (Wildman–Crippen MR) is 59.6 cm³/mol. The van der Waals surface area contributed by atoms with Gasteiger partial charge in [-0.3, -0.25) is 9.36 Å². The molecule has 0 saturated carbocycles. The van der Waals surface area contributed by atoms with E-state index in [1.165, 1.54) is 24.4 Å². The molecule has 0 radical (unpaired) electrons. The van der Waals surface area contributed by atoms with Crippen LogP contribution in [0.2, 0.25) is 0 Å². The lowest BCUT2D eigenvalue weighted by Gasteiger charge is -2.09. The zero-order chi connectivity index (χ0) is 14.0. The van der Waals surface area contributed by atoms with Crippen LogP contribution in [0.5, 0.6) is 0 Å². The average Bonchev–Trinajstić information content (AvgIpc) is 2.37. The number of alkyl halides is 3. The molecule has 0 spiro atoms. The number of nitrogens with zero attached hydrogens (tertiary/aromatic N) is 3. The molecule has 0 aromatic carbocycles. The van der Waals surface area contributed by atoms with E-state index in [0.717, 1.165) is 10.6 Å². The molecule has 0 aliphatic rings. The smallest absolute Gasteiger partial charge is 0.269 e. The molecule has 96 valence electrons. The predicted octanol–water partition coefficient (Wildman–Crippen LogP) is 2.12. The Hall–Kier alpha value is -2.62. The van der Waals surface area contributed by atoms with Crippen molar-refractivity contribution in [3.63, 3.8) is 0 Å². The van der Waals surface area contributed by atoms with Crippen molar-refractivity contribution in [3.05, 3.63) is 58.1 Å². The number of nitriles is 1. The van der Waals surface area contributed by atoms with Crippen molar-refractivity contribution in [3.8, 4) is 11.9 Å². The maximum atomic E-state index is 12.6. The van der Waals surface area contributed by atoms with Gasteiger partial charge >= 0.3 is 6.18 Å². The number of hydrogen-bond acceptors (Lipinski definition) is 3. The second kappa shape index (κ2) is 4.57. The molecule has 0 atom stereocenters. The molecule has 2 aromatic heterocycles. The Labute approximate surface area is 105 Å². The zero-order valence-corrected chi connectivity index (χ0v) is 9.35. The third kappa shape index (κ3) is 2.63. The molecule has 0 bridgehead atoms. The minimum Gasteiger partial charge on any atom is -0.269 e. The van der Waals surface area contributed by atoms with Crippen LogP contribution in [0.4, 0.5) is 13.2 Å². The van der Waals surface area contributed by atoms with Crippen molar-refractivity contribution in [1.82, 2.24) is 9.55 Å². The molecule has 2 aromatic rings. The first-order valence-corrected chi connectivity index (χ1v) is 5.09. The number of rotatable bonds is 1. The van der Waals surface area contributed by atoms with E-state index in [9.17, 15) is 18.0 Å². The van der Waals surface area contributed by atoms with Crippen LogP contribution in [0.3, 0.4) is 0 Å². The number of aromatic nitrogens is 2. The van der Waals surface area contributed by atoms with Crippen LogP contribution in [0, 0.1) is 11.3 Å². The Morgan fingerprint density at radius 2 is 2.00 bits per heavy atom. The van der Waals surface area contributed by atoms with Crippen molar-refractivity contribution >= 4 is 0 Å². The standard InChI is InChI=1S/C12H6F3N3O/c13-12(14,15)9-5-8(7-16)6-10(17-9)18-4-2-1-3-11(18)19/h1-6H. The van der Waals surface area contributed by atoms with E-state index in [2.05, 4.69) is 4.98 Å². The van der Waals surface area contributed by atoms with E-state index < -0.39 is 17.4 Å². The van der Waals surface area contributed by atoms with Crippen LogP contribution < -0.4 is 5.56 Å². The minimum absolute atomic E-state index is 0.215. The average molecular weight is 265 g/mol. The van der Waals surface area contributed by atoms with E-state index >= 15 is 0 Å². The zero-order valence-electron chi connectivity index (χ0n) is 9.35. The first-order chi connectivity index (χ1) is 8.91. The van der Waals surface area contributed by atoms with Crippen LogP contribution in [0.25, 0.3) is 5.82 Å². The Kier molecular flexibility index (Phi) is 3.09. The number of halogens is 3. The fourth-order valence-electron chi connectivity index (χ4n) is 1.47. The Bertz CT molecular complexity index is 713. The van der Waals surface area contributed by atoms with E-state index in [1.807, 2.05) is 0 Å². The molecule has 2 rings (SSSR count). The van der Waals surface area contributed by atoms with Crippen LogP contribution >= 0.6 is 0 Å². The van der Waals surface area contributed by atoms with E-state index in [0.29, 0.717) is 6.07 Å². The number of hydrogen-bond donors (Lipinski definition) is 0. The fourth-order valence-corrected chi connectivity index (χ4v) is 1.47. The summed E-state index contributed by atoms with van der Waals surface area (Å²) < 4.78 is 38.9. The molecule has 0 saturated heterocycles. The Morgan fingerprint density at radius 1 is 1.26 bits per heavy atom. The van der Waals surface area contributed by atoms with Gasteiger partial charge in [0.15, 0.2) is 0 Å². The van der Waals surface area contributed by atoms with Crippen LogP contribution in [-0.4, -0.2) is 9.55 Å². The van der Waals surface area contributed by atoms with Crippen LogP contribution in [-0.2, 0) is 6.18 Å². The highest BCUT2D eigenvalue weighted by atomic mass is 19.4. The summed E-state index contributed by atoms with van der Waals surface area (Å²) in [6.07, 6.45) is -3.40. The molecule has 4 nitrogen and oxygen atoms in total. The van der Waals surface area contributed by atoms with Crippen molar-refractivity contribution < 1.29 is 13.2 Å². The van der Waals surface area contributed by atoms with Crippen LogP contribution in [0.1, 0.15) is 11.3 Å². The van der Waals surface area contributed by atoms with Crippen molar-refractivity contribution in [1.29, 1.82) is 5.26 Å². The molecule has 2 heterocycles. The molecule has 0 amide bonds. The van der Waals surface area contributed by atoms with Gasteiger partial charge in [-0.1, -0.05) is 6.07 Å². The van der Waals surface area contributed by atoms with E-state index in [1.54, 1.807) is 6.07 Å². The largest absolute Gasteiger partial charge is 0.433 e. The maximum Gasteiger partial charge on any atom is 0.433 e. The van der Waals surface area contributed by atoms with Gasteiger partial charge in [-0.25, -0.2) is 4.98 Å². The monoisotopic (exact) mass is 265 g/mol. The first kappa shape index (κ1) is 12.8. The highest BCUT2D eigenvalue weighted by molar-refractivity contribution is 5.39. The van der Waals surface area contributed by atoms with Gasteiger partial charge in [0.25, 0.3) is 5.56 Å². The highest BCUT2D eigenvalue weighted by Crippen LogP contribution is 2.28. The molecular formula is C12H6F3N3O. The highest BCUT2D eigenvalue weighted by Gasteiger charge is 2.33. The quantitative estimate of drug-likeness (QED) is 0.793. The lowest BCUT2D eigenvalue weighted by molar-refractivity contribution is -0.141. The summed E-state index contributed by atoms with van der Waals surface area (Å²) in [5, 5.41) is 8.74. The lowest BCUT2D eigenvalue weighted by Crippen LogP contribution is -2.19. The van der Waals surface area contributed by atoms with Crippen molar-refractivity contribution in [2.24, 2.45) is 0 Å². The number of pyridine rings is 2. The molecule has 0 fully saturated rings. The second-order valence-electron chi connectivity index (χ2n) is 3.62. The molecule has 0 aliphatic carbocycles. The van der Waals surface area contributed by atoms with E-state index in [-0.39, 0.29) is 11.4 Å². The summed E-state index contributed by atoms with van der Waals surface area (Å²) in [4.78, 5) is 14.9. The second-order valence-corrected chi connectivity index (χ2v) is 3.62. The minimum atomic E-state index is -4.68. The van der Waals surface area contributed by atoms with Gasteiger partial charge in [0.1, 0.15) is 11.5 Å². The van der Waals surface area contributed by atoms with Crippen molar-refractivity contribution in [2.45, 2.75) is 6.18 Å². The summed E-state index contributed by atoms with van der Waals surface area (Å²) in [5.74, 6) is -0.239. The SMILES string of the molecule is N#Cc1cc(-n2ccccc2=O)nc(C(F)(F)F)c1. The molecule has 0 N–H and O–H groups in total. The first-order valence-electron chi connectivity index (χ1n) is 5.09. The van der Waals surface area contributed by atoms with Gasteiger partial charge in [0.05, 0.1) is 11.6 Å². The topological polar surface area (TPSA) is 58.7 Å². The van der Waals surface area contributed by atoms with Crippen molar-refractivity contribution in [2.75, 3.05) is 0 Å². The summed E-state index contributed by atoms with van der Waals surface area (Å²) in [6.45, 7) is 0. The molecule has 19 heavy (non-hydrogen) atoms. The van der Waals surface area contributed by atoms with E-state index in [4.69, 9.17) is 5.26 Å². The van der Waals surface area contributed by atoms with Gasteiger partial charge < -0.3 is 0 Å². The third-order valence-electron chi connectivity index (χ3n) is 2.30. The Morgan fingerprint density at radius 3 is 2.58 bits per heavy atom. The Balaban J connectivity index is 2.69. The van der Waals surface area contributed by atoms with Crippen LogP contribution in [0.15, 0.2) is 41.3 Å². The summed E-state index contributed by atoms with van der Waals surface area (Å²) in [7, 11) is 0. The van der Waals surface area contributed by atoms with Gasteiger partial charge in [-0.2, -0.15) is 18.4 Å². The van der Waals surface area contributed by atoms with Gasteiger partial charge in [0.2, 0.25) is 0 Å². The molecule has 0 aliphatic heterocycles. The molecule has 0 unspecified atom stereocenters. The van der Waals surface area contributed by atoms with Gasteiger partial charge in [0, 0.05) is 12.3 Å². The van der Waals surface area contributed by atoms with Gasteiger partial charge in [-0.15, -0.1) is 0 Å². The fraction of sp³-hybridized carbons (Fsp3) is 0.0833. The summed E-state index contributed by atoms with van der Waals surface area (Å²) >= 11 is 0. The summed E-state index contributed by atoms with van der Waals surface area (Å²) in [6, 6.07) is 7.50. The lowest BCUT2D eigenvalue weighted by atomic mass is 10.2.